The van der Waals surface area contributed by atoms with Crippen molar-refractivity contribution < 1.29 is 138 Å². The van der Waals surface area contributed by atoms with Crippen molar-refractivity contribution in [3.63, 3.8) is 0 Å². The van der Waals surface area contributed by atoms with Crippen LogP contribution in [0, 0.1) is 0 Å². The fourth-order valence-electron chi connectivity index (χ4n) is 10.5. The molecule has 0 amide bonds. The number of methoxy groups -OCH3 is 16. The Labute approximate surface area is 646 Å². The first-order valence-electron chi connectivity index (χ1n) is 33.3. The van der Waals surface area contributed by atoms with E-state index in [0.29, 0.717) is 81.2 Å². The molecule has 0 saturated carbocycles. The van der Waals surface area contributed by atoms with E-state index in [1.807, 2.05) is 30.3 Å². The lowest BCUT2D eigenvalue weighted by Crippen LogP contribution is -2.13. The molecule has 9 aromatic carbocycles. The van der Waals surface area contributed by atoms with E-state index >= 15 is 0 Å². The van der Waals surface area contributed by atoms with Crippen molar-refractivity contribution >= 4 is 47.0 Å². The number of hydrogen-bond donors (Lipinski definition) is 0. The molecule has 0 aliphatic carbocycles. The number of ketones is 4. The normalized spacial score (nSPS) is 10.1. The molecule has 0 aliphatic rings. The minimum absolute atomic E-state index is 0.00513. The zero-order valence-corrected chi connectivity index (χ0v) is 65.4. The van der Waals surface area contributed by atoms with Crippen LogP contribution >= 0.6 is 0 Å². The van der Waals surface area contributed by atoms with E-state index in [-0.39, 0.29) is 114 Å². The second kappa shape index (κ2) is 42.0. The lowest BCUT2D eigenvalue weighted by Gasteiger charge is -2.16. The molecule has 112 heavy (non-hydrogen) atoms. The topological polar surface area (TPSA) is 330 Å². The summed E-state index contributed by atoms with van der Waals surface area (Å²) in [5.74, 6) is 2.03. The Morgan fingerprint density at radius 1 is 0.232 bits per heavy atom. The van der Waals surface area contributed by atoms with Crippen LogP contribution in [0.4, 0.5) is 0 Å². The molecule has 0 aliphatic heterocycles. The third-order valence-electron chi connectivity index (χ3n) is 16.0. The van der Waals surface area contributed by atoms with Crippen LogP contribution < -0.4 is 99.5 Å². The van der Waals surface area contributed by atoms with Gasteiger partial charge in [-0.1, -0.05) is 30.3 Å². The molecule has 9 aromatic rings. The summed E-state index contributed by atoms with van der Waals surface area (Å²) in [7, 11) is 23.2. The van der Waals surface area contributed by atoms with E-state index in [1.165, 1.54) is 208 Å². The van der Waals surface area contributed by atoms with Gasteiger partial charge in [0.1, 0.15) is 115 Å². The van der Waals surface area contributed by atoms with Crippen molar-refractivity contribution in [2.75, 3.05) is 114 Å². The molecule has 9 rings (SSSR count). The SMILES string of the molecule is COc1cc(OC)c(C(C)=O)c(OC(=O)c2cc(OC)c(OC)c(OC)c2)c1.COc1cc(OC)c(C(C)=O)c(OC(=O)c2cc(OC)c(OC)cc2OC)c1.COc1cc(OC)c(C(C)=O)c(OC(=O)c2ccc(OCc3ccccc3)c(OC)c2)c1.COc1ccc(C(=O)Oc2cc(OC)cc(OC)c2C(C)=O)cc1. The molecule has 0 spiro atoms. The van der Waals surface area contributed by atoms with Crippen LogP contribution in [0.3, 0.4) is 0 Å². The van der Waals surface area contributed by atoms with Crippen LogP contribution in [0.25, 0.3) is 0 Å². The minimum atomic E-state index is -0.754. The van der Waals surface area contributed by atoms with Crippen molar-refractivity contribution in [1.82, 2.24) is 0 Å². The van der Waals surface area contributed by atoms with Crippen LogP contribution in [0.2, 0.25) is 0 Å². The molecule has 0 saturated heterocycles. The highest BCUT2D eigenvalue weighted by Crippen LogP contribution is 2.43. The summed E-state index contributed by atoms with van der Waals surface area (Å²) in [5.41, 5.74) is 2.37. The van der Waals surface area contributed by atoms with Gasteiger partial charge in [0, 0.05) is 60.7 Å². The third kappa shape index (κ3) is 22.2. The predicted octanol–water partition coefficient (Wildman–Crippen LogP) is 14.2. The number of rotatable bonds is 31. The van der Waals surface area contributed by atoms with Gasteiger partial charge >= 0.3 is 23.9 Å². The average Bonchev–Trinajstić information content (AvgIpc) is 0.810. The van der Waals surface area contributed by atoms with Crippen molar-refractivity contribution in [2.24, 2.45) is 0 Å². The first kappa shape index (κ1) is 87.1. The molecular weight excluding hydrogens is 1460 g/mol. The van der Waals surface area contributed by atoms with Gasteiger partial charge in [0.05, 0.1) is 130 Å². The van der Waals surface area contributed by atoms with E-state index in [9.17, 15) is 38.4 Å². The number of carbonyl (C=O) groups is 8. The van der Waals surface area contributed by atoms with Gasteiger partial charge in [0.15, 0.2) is 57.6 Å². The fourth-order valence-corrected chi connectivity index (χ4v) is 10.5. The Kier molecular flexibility index (Phi) is 32.7. The van der Waals surface area contributed by atoms with E-state index < -0.39 is 23.9 Å². The Bertz CT molecular complexity index is 4810. The maximum atomic E-state index is 12.8. The Morgan fingerprint density at radius 2 is 0.536 bits per heavy atom. The number of hydrogen-bond acceptors (Lipinski definition) is 29. The summed E-state index contributed by atoms with van der Waals surface area (Å²) in [6, 6.07) is 38.7. The zero-order valence-electron chi connectivity index (χ0n) is 65.4. The summed E-state index contributed by atoms with van der Waals surface area (Å²) in [5, 5.41) is 0. The quantitative estimate of drug-likeness (QED) is 0.0221. The van der Waals surface area contributed by atoms with Crippen LogP contribution in [0.15, 0.2) is 146 Å². The Hall–Kier alpha value is -13.9. The number of benzene rings is 9. The largest absolute Gasteiger partial charge is 0.497 e. The van der Waals surface area contributed by atoms with E-state index in [1.54, 1.807) is 48.5 Å². The van der Waals surface area contributed by atoms with Gasteiger partial charge in [-0.3, -0.25) is 19.2 Å². The summed E-state index contributed by atoms with van der Waals surface area (Å²) >= 11 is 0. The molecule has 0 atom stereocenters. The molecule has 0 bridgehead atoms. The van der Waals surface area contributed by atoms with Crippen molar-refractivity contribution in [3.05, 3.63) is 196 Å². The number of esters is 4. The van der Waals surface area contributed by atoms with E-state index in [2.05, 4.69) is 0 Å². The monoisotopic (exact) mass is 1550 g/mol. The molecule has 0 heterocycles. The second-order valence-electron chi connectivity index (χ2n) is 22.8. The van der Waals surface area contributed by atoms with Gasteiger partial charge in [-0.15, -0.1) is 0 Å². The number of Topliss-reactive ketones (excluding diaryl/α,β-unsaturated/α-hetero) is 4. The first-order valence-corrected chi connectivity index (χ1v) is 33.3. The summed E-state index contributed by atoms with van der Waals surface area (Å²) in [6.07, 6.45) is 0. The van der Waals surface area contributed by atoms with Crippen molar-refractivity contribution in [2.45, 2.75) is 34.3 Å². The summed E-state index contributed by atoms with van der Waals surface area (Å²) in [6.45, 7) is 5.78. The highest BCUT2D eigenvalue weighted by molar-refractivity contribution is 6.05. The average molecular weight is 1550 g/mol. The molecule has 592 valence electrons. The lowest BCUT2D eigenvalue weighted by atomic mass is 10.1. The molecule has 29 nitrogen and oxygen atoms in total. The maximum absolute atomic E-state index is 12.8. The minimum Gasteiger partial charge on any atom is -0.497 e. The molecule has 29 heteroatoms. The van der Waals surface area contributed by atoms with Gasteiger partial charge in [0.25, 0.3) is 0 Å². The molecule has 0 aromatic heterocycles. The summed E-state index contributed by atoms with van der Waals surface area (Å²) in [4.78, 5) is 99.0. The Balaban J connectivity index is 0.000000234. The smallest absolute Gasteiger partial charge is 0.347 e. The van der Waals surface area contributed by atoms with Gasteiger partial charge in [-0.25, -0.2) is 19.2 Å². The van der Waals surface area contributed by atoms with Crippen LogP contribution in [-0.2, 0) is 6.61 Å². The van der Waals surface area contributed by atoms with Crippen LogP contribution in [-0.4, -0.2) is 161 Å². The number of ether oxygens (including phenoxy) is 21. The van der Waals surface area contributed by atoms with E-state index in [4.69, 9.17) is 99.5 Å². The van der Waals surface area contributed by atoms with Gasteiger partial charge < -0.3 is 99.5 Å². The highest BCUT2D eigenvalue weighted by Gasteiger charge is 2.28. The molecular formula is C83H86O29. The highest BCUT2D eigenvalue weighted by atomic mass is 16.6. The molecule has 0 fully saturated rings. The number of carbonyl (C=O) groups excluding carboxylic acids is 8. The van der Waals surface area contributed by atoms with Gasteiger partial charge in [0.2, 0.25) is 5.75 Å². The first-order chi connectivity index (χ1) is 53.7. The van der Waals surface area contributed by atoms with Crippen LogP contribution in [0.1, 0.15) is 116 Å². The Morgan fingerprint density at radius 3 is 0.875 bits per heavy atom. The second-order valence-corrected chi connectivity index (χ2v) is 22.8. The summed E-state index contributed by atoms with van der Waals surface area (Å²) < 4.78 is 111. The van der Waals surface area contributed by atoms with Gasteiger partial charge in [-0.05, 0) is 87.9 Å². The van der Waals surface area contributed by atoms with E-state index in [0.717, 1.165) is 5.56 Å². The predicted molar refractivity (Wildman–Crippen MR) is 407 cm³/mol. The van der Waals surface area contributed by atoms with Gasteiger partial charge in [-0.2, -0.15) is 0 Å². The lowest BCUT2D eigenvalue weighted by molar-refractivity contribution is 0.0717. The molecule has 0 unspecified atom stereocenters. The van der Waals surface area contributed by atoms with Crippen molar-refractivity contribution in [1.29, 1.82) is 0 Å². The molecule has 0 radical (unpaired) electrons. The zero-order chi connectivity index (χ0) is 82.5. The molecule has 0 N–H and O–H groups in total. The third-order valence-corrected chi connectivity index (χ3v) is 16.0. The standard InChI is InChI=1S/C25H24O7.2C20H22O8.C18H18O6/c1-16(26)24-22(30-4)13-19(28-2)14-23(24)32-25(27)18-10-11-20(21(12-18)29-3)31-15-17-8-6-5-7-9-17;1-11(21)19-17(27-6)7-12(23-2)8-18(19)28-20(22)13-9-15(25-4)16(26-5)10-14(13)24-3;1-11(21)18-14(24-3)9-13(23-2)10-15(18)28-20(22)12-7-16(25-4)19(27-6)17(8-12)26-5;1-11(19)17-15(23-4)9-14(22-3)10-16(17)24-18(20)12-5-7-13(21-2)8-6-12/h5-14H,15H2,1-4H3;2*7-10H,1-6H3;5-10H,1-4H3. The van der Waals surface area contributed by atoms with Crippen molar-refractivity contribution in [3.8, 4) is 121 Å². The maximum Gasteiger partial charge on any atom is 0.347 e. The van der Waals surface area contributed by atoms with Crippen LogP contribution in [0.5, 0.6) is 121 Å². The fraction of sp³-hybridized carbons (Fsp3) is 0.253.